The average molecular weight is 342 g/mol. The molecule has 0 aromatic carbocycles. The van der Waals surface area contributed by atoms with Gasteiger partial charge in [-0.15, -0.1) is 0 Å². The van der Waals surface area contributed by atoms with Crippen molar-refractivity contribution in [2.45, 2.75) is 96.8 Å². The Kier molecular flexibility index (Phi) is 19.4. The van der Waals surface area contributed by atoms with Crippen molar-refractivity contribution in [2.75, 3.05) is 13.2 Å². The number of ether oxygens (including phenoxy) is 1. The van der Waals surface area contributed by atoms with Crippen molar-refractivity contribution in [1.29, 1.82) is 0 Å². The van der Waals surface area contributed by atoms with Gasteiger partial charge in [0, 0.05) is 6.42 Å². The number of hydrogen-bond acceptors (Lipinski definition) is 4. The van der Waals surface area contributed by atoms with Crippen LogP contribution in [-0.2, 0) is 9.53 Å². The van der Waals surface area contributed by atoms with Gasteiger partial charge in [-0.3, -0.25) is 4.79 Å². The minimum atomic E-state index is -0.164. The first-order valence-electron chi connectivity index (χ1n) is 9.98. The molecule has 0 rings (SSSR count). The number of unbranched alkanes of at least 4 members (excludes halogenated alkanes) is 11. The fourth-order valence-corrected chi connectivity index (χ4v) is 2.62. The lowest BCUT2D eigenvalue weighted by molar-refractivity contribution is -0.144. The molecular formula is C20H39NO3. The quantitative estimate of drug-likeness (QED) is 0.149. The highest BCUT2D eigenvalue weighted by molar-refractivity contribution is 5.69. The molecule has 0 amide bonds. The summed E-state index contributed by atoms with van der Waals surface area (Å²) in [6, 6.07) is 0. The van der Waals surface area contributed by atoms with E-state index < -0.39 is 0 Å². The van der Waals surface area contributed by atoms with E-state index in [1.165, 1.54) is 70.6 Å². The minimum absolute atomic E-state index is 0.164. The van der Waals surface area contributed by atoms with E-state index in [1.54, 1.807) is 0 Å². The highest BCUT2D eigenvalue weighted by Gasteiger charge is 2.01. The summed E-state index contributed by atoms with van der Waals surface area (Å²) in [4.78, 5) is 11.3. The molecule has 0 aromatic heterocycles. The first-order chi connectivity index (χ1) is 11.8. The molecule has 0 aliphatic heterocycles. The summed E-state index contributed by atoms with van der Waals surface area (Å²) < 4.78 is 4.93. The van der Waals surface area contributed by atoms with Crippen molar-refractivity contribution in [2.24, 2.45) is 0 Å². The summed E-state index contributed by atoms with van der Waals surface area (Å²) in [6.45, 7) is 2.79. The SMILES string of the molecule is CCCCCCCCC=CCCCCCCCC(=O)OCCNO. The van der Waals surface area contributed by atoms with Gasteiger partial charge in [-0.2, -0.15) is 0 Å². The molecule has 4 heteroatoms. The summed E-state index contributed by atoms with van der Waals surface area (Å²) in [5.41, 5.74) is 1.96. The maximum absolute atomic E-state index is 11.3. The van der Waals surface area contributed by atoms with Crippen LogP contribution < -0.4 is 5.48 Å². The number of carbonyl (C=O) groups excluding carboxylic acids is 1. The lowest BCUT2D eigenvalue weighted by Crippen LogP contribution is -2.17. The molecule has 0 saturated carbocycles. The van der Waals surface area contributed by atoms with Gasteiger partial charge in [0.15, 0.2) is 0 Å². The molecule has 0 aliphatic rings. The van der Waals surface area contributed by atoms with E-state index in [9.17, 15) is 4.79 Å². The van der Waals surface area contributed by atoms with E-state index in [1.807, 2.05) is 5.48 Å². The van der Waals surface area contributed by atoms with Crippen molar-refractivity contribution in [1.82, 2.24) is 5.48 Å². The van der Waals surface area contributed by atoms with Crippen LogP contribution in [0.5, 0.6) is 0 Å². The fraction of sp³-hybridized carbons (Fsp3) is 0.850. The van der Waals surface area contributed by atoms with Crippen molar-refractivity contribution in [3.05, 3.63) is 12.2 Å². The molecular weight excluding hydrogens is 302 g/mol. The van der Waals surface area contributed by atoms with Gasteiger partial charge in [0.05, 0.1) is 6.54 Å². The maximum Gasteiger partial charge on any atom is 0.305 e. The standard InChI is InChI=1S/C20H39NO3/c1-2-3-4-5-6-7-8-9-10-11-12-13-14-15-16-17-20(22)24-19-18-21-23/h9-10,21,23H,2-8,11-19H2,1H3. The van der Waals surface area contributed by atoms with Gasteiger partial charge in [0.25, 0.3) is 0 Å². The summed E-state index contributed by atoms with van der Waals surface area (Å²) in [7, 11) is 0. The van der Waals surface area contributed by atoms with Crippen LogP contribution in [0.2, 0.25) is 0 Å². The zero-order chi connectivity index (χ0) is 17.7. The second kappa shape index (κ2) is 20.2. The number of hydroxylamine groups is 1. The average Bonchev–Trinajstić information content (AvgIpc) is 2.58. The Balaban J connectivity index is 3.16. The van der Waals surface area contributed by atoms with Crippen molar-refractivity contribution >= 4 is 5.97 Å². The summed E-state index contributed by atoms with van der Waals surface area (Å²) >= 11 is 0. The van der Waals surface area contributed by atoms with Crippen LogP contribution >= 0.6 is 0 Å². The molecule has 0 bridgehead atoms. The molecule has 24 heavy (non-hydrogen) atoms. The highest BCUT2D eigenvalue weighted by atomic mass is 16.5. The molecule has 0 aromatic rings. The van der Waals surface area contributed by atoms with Gasteiger partial charge < -0.3 is 9.94 Å². The topological polar surface area (TPSA) is 58.6 Å². The van der Waals surface area contributed by atoms with Crippen molar-refractivity contribution in [3.8, 4) is 0 Å². The lowest BCUT2D eigenvalue weighted by atomic mass is 10.1. The molecule has 142 valence electrons. The van der Waals surface area contributed by atoms with Crippen LogP contribution in [0.4, 0.5) is 0 Å². The Morgan fingerprint density at radius 2 is 1.42 bits per heavy atom. The number of nitrogens with one attached hydrogen (secondary N) is 1. The van der Waals surface area contributed by atoms with E-state index >= 15 is 0 Å². The largest absolute Gasteiger partial charge is 0.464 e. The molecule has 0 fully saturated rings. The maximum atomic E-state index is 11.3. The molecule has 0 radical (unpaired) electrons. The summed E-state index contributed by atoms with van der Waals surface area (Å²) in [5, 5.41) is 8.35. The minimum Gasteiger partial charge on any atom is -0.464 e. The smallest absolute Gasteiger partial charge is 0.305 e. The zero-order valence-corrected chi connectivity index (χ0v) is 15.7. The van der Waals surface area contributed by atoms with Crippen LogP contribution in [0.25, 0.3) is 0 Å². The molecule has 0 unspecified atom stereocenters. The number of hydrogen-bond donors (Lipinski definition) is 2. The predicted octanol–water partition coefficient (Wildman–Crippen LogP) is 5.55. The van der Waals surface area contributed by atoms with Gasteiger partial charge in [-0.05, 0) is 32.1 Å². The van der Waals surface area contributed by atoms with Gasteiger partial charge in [-0.1, -0.05) is 70.4 Å². The normalized spacial score (nSPS) is 11.2. The molecule has 0 spiro atoms. The second-order valence-electron chi connectivity index (χ2n) is 6.46. The summed E-state index contributed by atoms with van der Waals surface area (Å²) in [6.07, 6.45) is 21.5. The lowest BCUT2D eigenvalue weighted by Gasteiger charge is -2.03. The van der Waals surface area contributed by atoms with Gasteiger partial charge >= 0.3 is 5.97 Å². The van der Waals surface area contributed by atoms with Crippen LogP contribution in [0.3, 0.4) is 0 Å². The Morgan fingerprint density at radius 3 is 2.00 bits per heavy atom. The Morgan fingerprint density at radius 1 is 0.875 bits per heavy atom. The van der Waals surface area contributed by atoms with Crippen molar-refractivity contribution < 1.29 is 14.7 Å². The van der Waals surface area contributed by atoms with Crippen LogP contribution in [0, 0.1) is 0 Å². The number of esters is 1. The third kappa shape index (κ3) is 19.2. The zero-order valence-electron chi connectivity index (χ0n) is 15.7. The Hall–Kier alpha value is -0.870. The molecule has 0 aliphatic carbocycles. The van der Waals surface area contributed by atoms with Crippen LogP contribution in [0.1, 0.15) is 96.8 Å². The van der Waals surface area contributed by atoms with Crippen LogP contribution in [0.15, 0.2) is 12.2 Å². The Bertz CT molecular complexity index is 293. The van der Waals surface area contributed by atoms with Crippen molar-refractivity contribution in [3.63, 3.8) is 0 Å². The van der Waals surface area contributed by atoms with Crippen LogP contribution in [-0.4, -0.2) is 24.3 Å². The van der Waals surface area contributed by atoms with Gasteiger partial charge in [-0.25, -0.2) is 5.48 Å². The van der Waals surface area contributed by atoms with E-state index in [0.29, 0.717) is 6.42 Å². The van der Waals surface area contributed by atoms with E-state index in [2.05, 4.69) is 19.1 Å². The highest BCUT2D eigenvalue weighted by Crippen LogP contribution is 2.10. The molecule has 2 N–H and O–H groups in total. The second-order valence-corrected chi connectivity index (χ2v) is 6.46. The molecule has 0 atom stereocenters. The third-order valence-electron chi connectivity index (χ3n) is 4.12. The fourth-order valence-electron chi connectivity index (χ4n) is 2.62. The monoisotopic (exact) mass is 341 g/mol. The summed E-state index contributed by atoms with van der Waals surface area (Å²) in [5.74, 6) is -0.164. The predicted molar refractivity (Wildman–Crippen MR) is 100 cm³/mol. The molecule has 0 heterocycles. The number of allylic oxidation sites excluding steroid dienone is 2. The first-order valence-corrected chi connectivity index (χ1v) is 9.98. The molecule has 0 saturated heterocycles. The number of rotatable bonds is 18. The Labute approximate surface area is 149 Å². The third-order valence-corrected chi connectivity index (χ3v) is 4.12. The number of carbonyl (C=O) groups is 1. The molecule has 4 nitrogen and oxygen atoms in total. The van der Waals surface area contributed by atoms with E-state index in [0.717, 1.165) is 12.8 Å². The van der Waals surface area contributed by atoms with Gasteiger partial charge in [0.1, 0.15) is 6.61 Å². The van der Waals surface area contributed by atoms with E-state index in [-0.39, 0.29) is 19.1 Å². The van der Waals surface area contributed by atoms with E-state index in [4.69, 9.17) is 9.94 Å². The van der Waals surface area contributed by atoms with Gasteiger partial charge in [0.2, 0.25) is 0 Å². The first kappa shape index (κ1) is 23.1.